The quantitative estimate of drug-likeness (QED) is 0.581. The van der Waals surface area contributed by atoms with E-state index in [2.05, 4.69) is 14.8 Å². The maximum atomic E-state index is 12.7. The molecule has 0 unspecified atom stereocenters. The lowest BCUT2D eigenvalue weighted by molar-refractivity contribution is 0.0535. The Morgan fingerprint density at radius 3 is 2.44 bits per heavy atom. The number of aryl methyl sites for hydroxylation is 1. The lowest BCUT2D eigenvalue weighted by atomic mass is 10.1. The fraction of sp³-hybridized carbons (Fsp3) is 0.316. The summed E-state index contributed by atoms with van der Waals surface area (Å²) < 4.78 is 0. The molecule has 0 bridgehead atoms. The number of hydrogen-bond donors (Lipinski definition) is 0. The molecule has 6 nitrogen and oxygen atoms in total. The van der Waals surface area contributed by atoms with Crippen molar-refractivity contribution in [1.82, 2.24) is 14.8 Å². The Kier molecular flexibility index (Phi) is 4.80. The highest BCUT2D eigenvalue weighted by Gasteiger charge is 2.39. The number of imide groups is 1. The van der Waals surface area contributed by atoms with Crippen LogP contribution in [0, 0.1) is 6.92 Å². The van der Waals surface area contributed by atoms with Crippen molar-refractivity contribution in [2.24, 2.45) is 0 Å². The van der Waals surface area contributed by atoms with Gasteiger partial charge in [-0.15, -0.1) is 0 Å². The highest BCUT2D eigenvalue weighted by atomic mass is 35.5. The van der Waals surface area contributed by atoms with Crippen LogP contribution in [0.15, 0.2) is 30.3 Å². The smallest absolute Gasteiger partial charge is 0.265 e. The van der Waals surface area contributed by atoms with Crippen LogP contribution in [-0.4, -0.2) is 59.4 Å². The number of hydrogen-bond acceptors (Lipinski definition) is 5. The minimum atomic E-state index is -0.374. The van der Waals surface area contributed by atoms with Crippen LogP contribution < -0.4 is 4.90 Å². The summed E-state index contributed by atoms with van der Waals surface area (Å²) in [6.45, 7) is 4.99. The fourth-order valence-electron chi connectivity index (χ4n) is 3.55. The highest BCUT2D eigenvalue weighted by molar-refractivity contribution is 6.36. The molecule has 2 amide bonds. The lowest BCUT2D eigenvalue weighted by Crippen LogP contribution is -2.51. The normalized spacial score (nSPS) is 17.6. The summed E-state index contributed by atoms with van der Waals surface area (Å²) in [5.74, 6) is -0.683. The molecule has 27 heavy (non-hydrogen) atoms. The first-order valence-electron chi connectivity index (χ1n) is 8.71. The van der Waals surface area contributed by atoms with Crippen molar-refractivity contribution in [3.8, 4) is 0 Å². The Hall–Kier alpha value is -2.15. The first kappa shape index (κ1) is 18.2. The number of anilines is 1. The Morgan fingerprint density at radius 2 is 1.74 bits per heavy atom. The van der Waals surface area contributed by atoms with E-state index < -0.39 is 0 Å². The van der Waals surface area contributed by atoms with Crippen LogP contribution in [0.2, 0.25) is 10.2 Å². The topological polar surface area (TPSA) is 56.8 Å². The molecule has 1 aromatic carbocycles. The maximum absolute atomic E-state index is 12.7. The standard InChI is InChI=1S/C19H18Cl2N4O2/c1-12-10-13-16(17(21)22-12)19(27)25(18(13)26)11-23-6-8-24(9-7-23)15-5-3-2-4-14(15)20/h2-5,10H,6-9,11H2,1H3. The van der Waals surface area contributed by atoms with Gasteiger partial charge in [0.2, 0.25) is 0 Å². The summed E-state index contributed by atoms with van der Waals surface area (Å²) >= 11 is 12.4. The van der Waals surface area contributed by atoms with Crippen molar-refractivity contribution < 1.29 is 9.59 Å². The van der Waals surface area contributed by atoms with Gasteiger partial charge in [0.1, 0.15) is 5.15 Å². The van der Waals surface area contributed by atoms with E-state index in [1.165, 1.54) is 4.90 Å². The van der Waals surface area contributed by atoms with E-state index >= 15 is 0 Å². The monoisotopic (exact) mass is 404 g/mol. The van der Waals surface area contributed by atoms with Gasteiger partial charge in [-0.25, -0.2) is 4.98 Å². The molecule has 4 rings (SSSR count). The van der Waals surface area contributed by atoms with E-state index in [1.54, 1.807) is 13.0 Å². The van der Waals surface area contributed by atoms with Gasteiger partial charge in [-0.1, -0.05) is 35.3 Å². The molecule has 0 N–H and O–H groups in total. The van der Waals surface area contributed by atoms with Crippen molar-refractivity contribution in [2.45, 2.75) is 6.92 Å². The minimum Gasteiger partial charge on any atom is -0.368 e. The van der Waals surface area contributed by atoms with Gasteiger partial charge in [-0.2, -0.15) is 0 Å². The van der Waals surface area contributed by atoms with Gasteiger partial charge in [0.25, 0.3) is 11.8 Å². The average molecular weight is 405 g/mol. The largest absolute Gasteiger partial charge is 0.368 e. The summed E-state index contributed by atoms with van der Waals surface area (Å²) in [5.41, 5.74) is 2.18. The molecule has 140 valence electrons. The second kappa shape index (κ2) is 7.11. The summed E-state index contributed by atoms with van der Waals surface area (Å²) in [7, 11) is 0. The Labute approximate surface area is 167 Å². The number of fused-ring (bicyclic) bond motifs is 1. The molecule has 8 heteroatoms. The molecule has 1 aromatic heterocycles. The molecule has 1 saturated heterocycles. The predicted molar refractivity (Wildman–Crippen MR) is 105 cm³/mol. The number of aromatic nitrogens is 1. The molecule has 2 aliphatic heterocycles. The van der Waals surface area contributed by atoms with E-state index in [1.807, 2.05) is 24.3 Å². The van der Waals surface area contributed by atoms with Crippen LogP contribution in [0.25, 0.3) is 0 Å². The number of carbonyl (C=O) groups is 2. The summed E-state index contributed by atoms with van der Waals surface area (Å²) in [6, 6.07) is 9.37. The Morgan fingerprint density at radius 1 is 1.04 bits per heavy atom. The van der Waals surface area contributed by atoms with Gasteiger partial charge in [0.05, 0.1) is 28.5 Å². The summed E-state index contributed by atoms with van der Waals surface area (Å²) in [6.07, 6.45) is 0. The second-order valence-electron chi connectivity index (χ2n) is 6.71. The van der Waals surface area contributed by atoms with Crippen LogP contribution in [-0.2, 0) is 0 Å². The van der Waals surface area contributed by atoms with E-state index in [4.69, 9.17) is 23.2 Å². The molecule has 0 saturated carbocycles. The zero-order chi connectivity index (χ0) is 19.1. The molecule has 1 fully saturated rings. The van der Waals surface area contributed by atoms with E-state index in [-0.39, 0.29) is 29.2 Å². The average Bonchev–Trinajstić information content (AvgIpc) is 2.88. The third-order valence-electron chi connectivity index (χ3n) is 4.94. The Bertz CT molecular complexity index is 926. The second-order valence-corrected chi connectivity index (χ2v) is 7.48. The highest BCUT2D eigenvalue weighted by Crippen LogP contribution is 2.30. The van der Waals surface area contributed by atoms with Crippen LogP contribution in [0.5, 0.6) is 0 Å². The molecule has 0 aliphatic carbocycles. The number of carbonyl (C=O) groups excluding carboxylic acids is 2. The van der Waals surface area contributed by atoms with Crippen molar-refractivity contribution in [3.63, 3.8) is 0 Å². The number of para-hydroxylation sites is 1. The molecule has 2 aliphatic rings. The molecule has 3 heterocycles. The van der Waals surface area contributed by atoms with E-state index in [0.717, 1.165) is 36.9 Å². The van der Waals surface area contributed by atoms with Crippen LogP contribution in [0.4, 0.5) is 5.69 Å². The number of nitrogens with zero attached hydrogens (tertiary/aromatic N) is 4. The zero-order valence-corrected chi connectivity index (χ0v) is 16.3. The van der Waals surface area contributed by atoms with E-state index in [0.29, 0.717) is 11.3 Å². The molecule has 0 radical (unpaired) electrons. The van der Waals surface area contributed by atoms with Crippen LogP contribution in [0.3, 0.4) is 0 Å². The van der Waals surface area contributed by atoms with Crippen molar-refractivity contribution in [1.29, 1.82) is 0 Å². The predicted octanol–water partition coefficient (Wildman–Crippen LogP) is 3.07. The van der Waals surface area contributed by atoms with Gasteiger partial charge in [-0.05, 0) is 25.1 Å². The van der Waals surface area contributed by atoms with Crippen LogP contribution in [0.1, 0.15) is 26.4 Å². The SMILES string of the molecule is Cc1cc2c(c(Cl)n1)C(=O)N(CN1CCN(c3ccccc3Cl)CC1)C2=O. The van der Waals surface area contributed by atoms with Gasteiger partial charge < -0.3 is 4.90 Å². The third-order valence-corrected chi connectivity index (χ3v) is 5.54. The van der Waals surface area contributed by atoms with Gasteiger partial charge in [0, 0.05) is 31.9 Å². The van der Waals surface area contributed by atoms with Gasteiger partial charge in [0.15, 0.2) is 0 Å². The number of pyridine rings is 1. The number of benzene rings is 1. The summed E-state index contributed by atoms with van der Waals surface area (Å²) in [4.78, 5) is 35.0. The minimum absolute atomic E-state index is 0.0920. The van der Waals surface area contributed by atoms with Crippen LogP contribution >= 0.6 is 23.2 Å². The van der Waals surface area contributed by atoms with Gasteiger partial charge in [-0.3, -0.25) is 19.4 Å². The third kappa shape index (κ3) is 3.29. The number of amides is 2. The first-order chi connectivity index (χ1) is 13.0. The van der Waals surface area contributed by atoms with Crippen molar-refractivity contribution in [3.05, 3.63) is 57.3 Å². The molecular formula is C19H18Cl2N4O2. The first-order valence-corrected chi connectivity index (χ1v) is 9.46. The molecular weight excluding hydrogens is 387 g/mol. The van der Waals surface area contributed by atoms with Gasteiger partial charge >= 0.3 is 0 Å². The van der Waals surface area contributed by atoms with Crippen molar-refractivity contribution >= 4 is 40.7 Å². The number of piperazine rings is 1. The molecule has 0 atom stereocenters. The Balaban J connectivity index is 1.44. The molecule has 2 aromatic rings. The summed E-state index contributed by atoms with van der Waals surface area (Å²) in [5, 5.41) is 0.818. The number of halogens is 2. The van der Waals surface area contributed by atoms with Crippen molar-refractivity contribution in [2.75, 3.05) is 37.7 Å². The molecule has 0 spiro atoms. The lowest BCUT2D eigenvalue weighted by Gasteiger charge is -2.37. The van der Waals surface area contributed by atoms with E-state index in [9.17, 15) is 9.59 Å². The fourth-order valence-corrected chi connectivity index (χ4v) is 4.12. The zero-order valence-electron chi connectivity index (χ0n) is 14.8. The number of rotatable bonds is 3. The maximum Gasteiger partial charge on any atom is 0.265 e.